The lowest BCUT2D eigenvalue weighted by atomic mass is 10.3. The Bertz CT molecular complexity index is 694. The van der Waals surface area contributed by atoms with Crippen molar-refractivity contribution in [1.82, 2.24) is 24.9 Å². The van der Waals surface area contributed by atoms with Crippen LogP contribution < -0.4 is 5.32 Å². The van der Waals surface area contributed by atoms with Gasteiger partial charge in [-0.2, -0.15) is 10.2 Å². The Morgan fingerprint density at radius 3 is 2.73 bits per heavy atom. The van der Waals surface area contributed by atoms with Crippen LogP contribution in [0.3, 0.4) is 0 Å². The molecule has 0 aliphatic carbocycles. The van der Waals surface area contributed by atoms with Gasteiger partial charge in [0, 0.05) is 12.7 Å². The highest BCUT2D eigenvalue weighted by Gasteiger charge is 2.18. The minimum absolute atomic E-state index is 0.0476. The summed E-state index contributed by atoms with van der Waals surface area (Å²) < 4.78 is 3.94. The lowest BCUT2D eigenvalue weighted by molar-refractivity contribution is -0.124. The van der Waals surface area contributed by atoms with Crippen LogP contribution in [0.1, 0.15) is 35.9 Å². The first-order valence-electron chi connectivity index (χ1n) is 6.69. The van der Waals surface area contributed by atoms with Crippen LogP contribution in [0.5, 0.6) is 0 Å². The van der Waals surface area contributed by atoms with Crippen LogP contribution >= 0.6 is 15.9 Å². The van der Waals surface area contributed by atoms with Crippen molar-refractivity contribution in [3.63, 3.8) is 0 Å². The Hall–Kier alpha value is -2.16. The van der Waals surface area contributed by atoms with Crippen molar-refractivity contribution in [3.05, 3.63) is 34.3 Å². The summed E-state index contributed by atoms with van der Waals surface area (Å²) in [5.74, 6) is -1.33. The molecule has 0 aliphatic heterocycles. The van der Waals surface area contributed by atoms with Crippen LogP contribution in [0.4, 0.5) is 0 Å². The summed E-state index contributed by atoms with van der Waals surface area (Å²) in [5, 5.41) is 19.7. The number of aromatic carboxylic acids is 1. The number of carboxylic acid groups (broad SMARTS) is 1. The average molecular weight is 370 g/mol. The second-order valence-corrected chi connectivity index (χ2v) is 5.52. The molecule has 9 heteroatoms. The molecule has 0 bridgehead atoms. The molecule has 2 aromatic rings. The van der Waals surface area contributed by atoms with Crippen molar-refractivity contribution < 1.29 is 14.7 Å². The molecule has 0 aliphatic rings. The molecule has 1 amide bonds. The largest absolute Gasteiger partial charge is 0.478 e. The lowest BCUT2D eigenvalue weighted by Crippen LogP contribution is -2.31. The number of nitrogens with one attached hydrogen (secondary N) is 1. The standard InChI is InChI=1S/C13H16BrN5O3/c1-3-18-11(10(14)5-17-18)6-15-12(20)8(2)19-7-9(4-16-19)13(21)22/h4-5,7-8H,3,6H2,1-2H3,(H,15,20)(H,21,22). The fraction of sp³-hybridized carbons (Fsp3) is 0.385. The van der Waals surface area contributed by atoms with E-state index in [-0.39, 0.29) is 11.5 Å². The van der Waals surface area contributed by atoms with E-state index in [4.69, 9.17) is 5.11 Å². The molecular formula is C13H16BrN5O3. The lowest BCUT2D eigenvalue weighted by Gasteiger charge is -2.13. The van der Waals surface area contributed by atoms with Crippen molar-refractivity contribution in [2.75, 3.05) is 0 Å². The van der Waals surface area contributed by atoms with E-state index in [9.17, 15) is 9.59 Å². The molecule has 1 atom stereocenters. The molecule has 2 aromatic heterocycles. The van der Waals surface area contributed by atoms with Gasteiger partial charge in [-0.3, -0.25) is 14.2 Å². The van der Waals surface area contributed by atoms with Crippen LogP contribution in [-0.2, 0) is 17.9 Å². The number of aryl methyl sites for hydroxylation is 1. The summed E-state index contributed by atoms with van der Waals surface area (Å²) in [5.41, 5.74) is 0.918. The summed E-state index contributed by atoms with van der Waals surface area (Å²) in [4.78, 5) is 23.0. The van der Waals surface area contributed by atoms with Gasteiger partial charge >= 0.3 is 5.97 Å². The van der Waals surface area contributed by atoms with Crippen molar-refractivity contribution in [1.29, 1.82) is 0 Å². The summed E-state index contributed by atoms with van der Waals surface area (Å²) in [6, 6.07) is -0.607. The molecule has 0 radical (unpaired) electrons. The number of carboxylic acids is 1. The third-order valence-electron chi connectivity index (χ3n) is 3.25. The van der Waals surface area contributed by atoms with Gasteiger partial charge in [-0.15, -0.1) is 0 Å². The Kier molecular flexibility index (Phi) is 4.96. The van der Waals surface area contributed by atoms with Crippen LogP contribution in [-0.4, -0.2) is 36.5 Å². The second kappa shape index (κ2) is 6.73. The zero-order valence-corrected chi connectivity index (χ0v) is 13.7. The van der Waals surface area contributed by atoms with Crippen LogP contribution in [0.15, 0.2) is 23.1 Å². The molecule has 0 saturated carbocycles. The van der Waals surface area contributed by atoms with E-state index in [1.54, 1.807) is 17.8 Å². The van der Waals surface area contributed by atoms with Gasteiger partial charge < -0.3 is 10.4 Å². The topological polar surface area (TPSA) is 102 Å². The van der Waals surface area contributed by atoms with Crippen molar-refractivity contribution in [2.24, 2.45) is 0 Å². The average Bonchev–Trinajstić information content (AvgIpc) is 3.11. The van der Waals surface area contributed by atoms with Gasteiger partial charge in [-0.1, -0.05) is 0 Å². The number of amides is 1. The number of carbonyl (C=O) groups is 2. The normalized spacial score (nSPS) is 12.1. The zero-order chi connectivity index (χ0) is 16.3. The fourth-order valence-corrected chi connectivity index (χ4v) is 2.37. The molecule has 8 nitrogen and oxygen atoms in total. The quantitative estimate of drug-likeness (QED) is 0.801. The molecular weight excluding hydrogens is 354 g/mol. The van der Waals surface area contributed by atoms with Crippen molar-refractivity contribution in [3.8, 4) is 0 Å². The number of hydrogen-bond donors (Lipinski definition) is 2. The minimum Gasteiger partial charge on any atom is -0.478 e. The molecule has 22 heavy (non-hydrogen) atoms. The van der Waals surface area contributed by atoms with Gasteiger partial charge in [0.25, 0.3) is 0 Å². The van der Waals surface area contributed by atoms with Gasteiger partial charge in [-0.05, 0) is 29.8 Å². The second-order valence-electron chi connectivity index (χ2n) is 4.66. The molecule has 0 fully saturated rings. The number of aromatic nitrogens is 4. The van der Waals surface area contributed by atoms with Gasteiger partial charge in [0.15, 0.2) is 0 Å². The highest BCUT2D eigenvalue weighted by atomic mass is 79.9. The molecule has 0 spiro atoms. The first-order chi connectivity index (χ1) is 10.4. The predicted molar refractivity (Wildman–Crippen MR) is 81.3 cm³/mol. The Balaban J connectivity index is 2.02. The zero-order valence-electron chi connectivity index (χ0n) is 12.2. The Labute approximate surface area is 135 Å². The predicted octanol–water partition coefficient (Wildman–Crippen LogP) is 1.44. The molecule has 2 heterocycles. The first-order valence-corrected chi connectivity index (χ1v) is 7.48. The first kappa shape index (κ1) is 16.2. The number of hydrogen-bond acceptors (Lipinski definition) is 4. The maximum atomic E-state index is 12.2. The SMILES string of the molecule is CCn1ncc(Br)c1CNC(=O)C(C)n1cc(C(=O)O)cn1. The van der Waals surface area contributed by atoms with Gasteiger partial charge in [0.1, 0.15) is 6.04 Å². The van der Waals surface area contributed by atoms with E-state index in [0.717, 1.165) is 10.2 Å². The Morgan fingerprint density at radius 2 is 2.14 bits per heavy atom. The third kappa shape index (κ3) is 3.35. The summed E-state index contributed by atoms with van der Waals surface area (Å²) in [6.07, 6.45) is 4.23. The minimum atomic E-state index is -1.07. The molecule has 2 rings (SSSR count). The maximum Gasteiger partial charge on any atom is 0.338 e. The number of rotatable bonds is 6. The van der Waals surface area contributed by atoms with Crippen LogP contribution in [0, 0.1) is 0 Å². The van der Waals surface area contributed by atoms with Gasteiger partial charge in [0.05, 0.1) is 34.7 Å². The molecule has 2 N–H and O–H groups in total. The van der Waals surface area contributed by atoms with E-state index in [1.807, 2.05) is 6.92 Å². The fourth-order valence-electron chi connectivity index (χ4n) is 1.94. The van der Waals surface area contributed by atoms with E-state index >= 15 is 0 Å². The van der Waals surface area contributed by atoms with E-state index < -0.39 is 12.0 Å². The number of nitrogens with zero attached hydrogens (tertiary/aromatic N) is 4. The third-order valence-corrected chi connectivity index (χ3v) is 3.91. The highest BCUT2D eigenvalue weighted by molar-refractivity contribution is 9.10. The Morgan fingerprint density at radius 1 is 1.41 bits per heavy atom. The smallest absolute Gasteiger partial charge is 0.338 e. The number of carbonyl (C=O) groups excluding carboxylic acids is 1. The van der Waals surface area contributed by atoms with E-state index in [0.29, 0.717) is 13.1 Å². The van der Waals surface area contributed by atoms with E-state index in [1.165, 1.54) is 17.1 Å². The maximum absolute atomic E-state index is 12.2. The summed E-state index contributed by atoms with van der Waals surface area (Å²) in [7, 11) is 0. The monoisotopic (exact) mass is 369 g/mol. The van der Waals surface area contributed by atoms with Gasteiger partial charge in [-0.25, -0.2) is 4.79 Å². The molecule has 0 saturated heterocycles. The van der Waals surface area contributed by atoms with Crippen molar-refractivity contribution in [2.45, 2.75) is 33.0 Å². The molecule has 0 aromatic carbocycles. The summed E-state index contributed by atoms with van der Waals surface area (Å²) in [6.45, 7) is 4.64. The molecule has 1 unspecified atom stereocenters. The summed E-state index contributed by atoms with van der Waals surface area (Å²) >= 11 is 3.39. The van der Waals surface area contributed by atoms with Crippen LogP contribution in [0.2, 0.25) is 0 Å². The van der Waals surface area contributed by atoms with E-state index in [2.05, 4.69) is 31.4 Å². The van der Waals surface area contributed by atoms with Crippen LogP contribution in [0.25, 0.3) is 0 Å². The molecule has 118 valence electrons. The van der Waals surface area contributed by atoms with Gasteiger partial charge in [0.2, 0.25) is 5.91 Å². The highest BCUT2D eigenvalue weighted by Crippen LogP contribution is 2.16. The van der Waals surface area contributed by atoms with Crippen molar-refractivity contribution >= 4 is 27.8 Å². The number of halogens is 1.